The van der Waals surface area contributed by atoms with Crippen LogP contribution >= 0.6 is 0 Å². The van der Waals surface area contributed by atoms with E-state index in [0.717, 1.165) is 75.6 Å². The molecule has 1 saturated carbocycles. The van der Waals surface area contributed by atoms with E-state index >= 15 is 4.79 Å². The molecule has 6 heterocycles. The quantitative estimate of drug-likeness (QED) is 0.0902. The number of hydrogen-bond acceptors (Lipinski definition) is 13. The first kappa shape index (κ1) is 44.0. The lowest BCUT2D eigenvalue weighted by Gasteiger charge is -2.59. The molecule has 2 fully saturated rings. The number of fused-ring (bicyclic) bond motifs is 6. The Morgan fingerprint density at radius 1 is 0.909 bits per heavy atom. The molecule has 0 amide bonds. The van der Waals surface area contributed by atoms with Gasteiger partial charge in [-0.2, -0.15) is 0 Å². The first-order valence-corrected chi connectivity index (χ1v) is 23.2. The number of methoxy groups -OCH3 is 4. The second kappa shape index (κ2) is 16.2. The second-order valence-electron chi connectivity index (χ2n) is 19.1. The minimum atomic E-state index is -2.28. The molecule has 14 nitrogen and oxygen atoms in total. The van der Waals surface area contributed by atoms with Gasteiger partial charge in [0.1, 0.15) is 16.9 Å². The van der Waals surface area contributed by atoms with Crippen LogP contribution in [-0.4, -0.2) is 123 Å². The van der Waals surface area contributed by atoms with Crippen LogP contribution in [0.15, 0.2) is 77.9 Å². The van der Waals surface area contributed by atoms with Gasteiger partial charge >= 0.3 is 17.9 Å². The molecule has 66 heavy (non-hydrogen) atoms. The molecular formula is C52H61N5O9. The fourth-order valence-electron chi connectivity index (χ4n) is 13.5. The van der Waals surface area contributed by atoms with E-state index < -0.39 is 52.4 Å². The van der Waals surface area contributed by atoms with Gasteiger partial charge in [-0.3, -0.25) is 19.4 Å². The standard InChI is InChI=1S/C52H61N5O9/c1-9-30-21-31-25-51(48(59)64-7,44-37(28-56(26-30)27-31)36-22-34(13-16-40(36)54-44)53-33-11-14-35(62-5)15-12-33)39-23-38-41(24-42(39)63-6)55(4)47-50(38)18-20-57-19-17-32(10-2)43(45(50)57)46(66-29(3)58)52(47,61)49(60)65-8/h11-17,21-24,31,43,45-47,53-54,61H,9-10,18-20,25-28H2,1-8H3/t31-,43?,45+,46-,47-,50-,51+,52-/m1/s1. The molecule has 3 N–H and O–H groups in total. The Hall–Kier alpha value is -5.83. The molecule has 10 rings (SSSR count). The monoisotopic (exact) mass is 899 g/mol. The van der Waals surface area contributed by atoms with Crippen molar-refractivity contribution < 1.29 is 43.2 Å². The number of carbonyl (C=O) groups is 3. The van der Waals surface area contributed by atoms with E-state index in [4.69, 9.17) is 23.7 Å². The number of aromatic nitrogens is 1. The van der Waals surface area contributed by atoms with E-state index in [0.29, 0.717) is 50.2 Å². The normalized spacial score (nSPS) is 30.7. The van der Waals surface area contributed by atoms with Gasteiger partial charge in [0.25, 0.3) is 0 Å². The van der Waals surface area contributed by atoms with Crippen molar-refractivity contribution in [1.29, 1.82) is 0 Å². The Morgan fingerprint density at radius 2 is 1.67 bits per heavy atom. The van der Waals surface area contributed by atoms with Crippen LogP contribution in [0.1, 0.15) is 68.8 Å². The fraction of sp³-hybridized carbons (Fsp3) is 0.481. The molecule has 14 heteroatoms. The summed E-state index contributed by atoms with van der Waals surface area (Å²) in [5, 5.41) is 17.9. The van der Waals surface area contributed by atoms with Crippen LogP contribution in [-0.2, 0) is 46.0 Å². The van der Waals surface area contributed by atoms with E-state index in [-0.39, 0.29) is 12.0 Å². The third-order valence-electron chi connectivity index (χ3n) is 16.1. The minimum Gasteiger partial charge on any atom is -0.497 e. The highest BCUT2D eigenvalue weighted by Crippen LogP contribution is 2.65. The average Bonchev–Trinajstić information content (AvgIpc) is 3.97. The second-order valence-corrected chi connectivity index (χ2v) is 19.1. The third kappa shape index (κ3) is 6.20. The van der Waals surface area contributed by atoms with Crippen molar-refractivity contribution in [3.05, 3.63) is 100 Å². The Balaban J connectivity index is 1.23. The highest BCUT2D eigenvalue weighted by molar-refractivity contribution is 5.96. The van der Waals surface area contributed by atoms with Gasteiger partial charge in [-0.15, -0.1) is 0 Å². The zero-order valence-electron chi connectivity index (χ0n) is 39.2. The van der Waals surface area contributed by atoms with E-state index in [1.165, 1.54) is 26.7 Å². The van der Waals surface area contributed by atoms with E-state index in [1.54, 1.807) is 14.2 Å². The topological polar surface area (TPSA) is 155 Å². The minimum absolute atomic E-state index is 0.0169. The van der Waals surface area contributed by atoms with Gasteiger partial charge in [-0.05, 0) is 97.8 Å². The lowest BCUT2D eigenvalue weighted by molar-refractivity contribution is -0.212. The molecule has 2 unspecified atom stereocenters. The summed E-state index contributed by atoms with van der Waals surface area (Å²) in [5.74, 6) is -1.17. The molecule has 2 bridgehead atoms. The molecule has 348 valence electrons. The smallest absolute Gasteiger partial charge is 0.344 e. The first-order chi connectivity index (χ1) is 31.8. The van der Waals surface area contributed by atoms with E-state index in [2.05, 4.69) is 64.3 Å². The number of nitrogens with one attached hydrogen (secondary N) is 2. The zero-order valence-corrected chi connectivity index (χ0v) is 39.2. The summed E-state index contributed by atoms with van der Waals surface area (Å²) in [4.78, 5) is 53.6. The fourth-order valence-corrected chi connectivity index (χ4v) is 13.5. The maximum absolute atomic E-state index is 15.5. The summed E-state index contributed by atoms with van der Waals surface area (Å²) >= 11 is 0. The number of hydrogen-bond donors (Lipinski definition) is 3. The lowest BCUT2D eigenvalue weighted by Crippen LogP contribution is -2.78. The number of carbonyl (C=O) groups excluding carboxylic acids is 3. The van der Waals surface area contributed by atoms with Gasteiger partial charge in [0.15, 0.2) is 6.10 Å². The highest BCUT2D eigenvalue weighted by atomic mass is 16.6. The molecule has 1 aliphatic carbocycles. The molecule has 6 aliphatic rings. The SMILES string of the molecule is CCC1=C[C@H]2CN(C1)Cc1c([nH]c3ccc(Nc4ccc(OC)cc4)cc13)[C@@](C(=O)OC)(c1cc3c(cc1OC)N(C)[C@H]1[C@@](O)(C(=O)OC)[C@H](OC(C)=O)C4C(CC)=CCN5CC[C@]31[C@H]45)C2. The van der Waals surface area contributed by atoms with Crippen LogP contribution in [0, 0.1) is 11.8 Å². The molecule has 0 radical (unpaired) electrons. The van der Waals surface area contributed by atoms with Crippen molar-refractivity contribution in [3.8, 4) is 11.5 Å². The van der Waals surface area contributed by atoms with Crippen molar-refractivity contribution in [3.63, 3.8) is 0 Å². The summed E-state index contributed by atoms with van der Waals surface area (Å²) in [7, 11) is 7.87. The molecule has 3 aromatic carbocycles. The summed E-state index contributed by atoms with van der Waals surface area (Å²) in [6.07, 6.45) is 5.79. The van der Waals surface area contributed by atoms with Crippen molar-refractivity contribution in [2.45, 2.75) is 87.6 Å². The largest absolute Gasteiger partial charge is 0.497 e. The van der Waals surface area contributed by atoms with Crippen LogP contribution in [0.4, 0.5) is 17.1 Å². The third-order valence-corrected chi connectivity index (χ3v) is 16.1. The molecule has 5 aliphatic heterocycles. The number of anilines is 3. The van der Waals surface area contributed by atoms with Crippen LogP contribution < -0.4 is 19.7 Å². The van der Waals surface area contributed by atoms with Crippen molar-refractivity contribution >= 4 is 45.9 Å². The first-order valence-electron chi connectivity index (χ1n) is 23.2. The van der Waals surface area contributed by atoms with Gasteiger partial charge in [0.05, 0.1) is 34.5 Å². The summed E-state index contributed by atoms with van der Waals surface area (Å²) in [6.45, 7) is 9.07. The number of rotatable bonds is 10. The van der Waals surface area contributed by atoms with Crippen LogP contribution in [0.3, 0.4) is 0 Å². The van der Waals surface area contributed by atoms with Crippen molar-refractivity contribution in [1.82, 2.24) is 14.8 Å². The zero-order chi connectivity index (χ0) is 46.4. The van der Waals surface area contributed by atoms with Gasteiger partial charge < -0.3 is 44.0 Å². The summed E-state index contributed by atoms with van der Waals surface area (Å²) in [5.41, 5.74) is 4.51. The Morgan fingerprint density at radius 3 is 2.35 bits per heavy atom. The van der Waals surface area contributed by atoms with Crippen molar-refractivity contribution in [2.75, 3.05) is 71.9 Å². The number of ether oxygens (including phenoxy) is 5. The number of aromatic amines is 1. The summed E-state index contributed by atoms with van der Waals surface area (Å²) < 4.78 is 29.5. The molecule has 9 atom stereocenters. The van der Waals surface area contributed by atoms with Gasteiger partial charge in [0, 0.05) is 103 Å². The maximum atomic E-state index is 15.5. The summed E-state index contributed by atoms with van der Waals surface area (Å²) in [6, 6.07) is 17.0. The van der Waals surface area contributed by atoms with Gasteiger partial charge in [0.2, 0.25) is 5.60 Å². The number of esters is 3. The Kier molecular flexibility index (Phi) is 10.8. The van der Waals surface area contributed by atoms with Gasteiger partial charge in [-0.1, -0.05) is 37.1 Å². The van der Waals surface area contributed by atoms with E-state index in [1.807, 2.05) is 48.3 Å². The van der Waals surface area contributed by atoms with Gasteiger partial charge in [-0.25, -0.2) is 4.79 Å². The van der Waals surface area contributed by atoms with Crippen molar-refractivity contribution in [2.24, 2.45) is 11.8 Å². The molecule has 1 saturated heterocycles. The molecule has 1 spiro atoms. The van der Waals surface area contributed by atoms with Crippen LogP contribution in [0.2, 0.25) is 0 Å². The van der Waals surface area contributed by atoms with E-state index in [9.17, 15) is 14.7 Å². The molecule has 4 aromatic rings. The predicted molar refractivity (Wildman–Crippen MR) is 250 cm³/mol. The Labute approximate surface area is 385 Å². The maximum Gasteiger partial charge on any atom is 0.344 e. The number of H-pyrrole nitrogens is 1. The number of aliphatic hydroxyl groups is 1. The molecular weight excluding hydrogens is 839 g/mol. The number of likely N-dealkylation sites (N-methyl/N-ethyl adjacent to an activating group) is 1. The average molecular weight is 900 g/mol. The highest BCUT2D eigenvalue weighted by Gasteiger charge is 2.77. The van der Waals surface area contributed by atoms with Crippen LogP contribution in [0.25, 0.3) is 10.9 Å². The Bertz CT molecular complexity index is 2690. The predicted octanol–water partition coefficient (Wildman–Crippen LogP) is 6.51. The lowest BCUT2D eigenvalue weighted by atomic mass is 9.52. The number of benzene rings is 3. The molecule has 1 aromatic heterocycles. The number of nitrogens with zero attached hydrogens (tertiary/aromatic N) is 3. The van der Waals surface area contributed by atoms with Crippen LogP contribution in [0.5, 0.6) is 11.5 Å².